The second kappa shape index (κ2) is 5.37. The van der Waals surface area contributed by atoms with Crippen LogP contribution in [0.2, 0.25) is 0 Å². The van der Waals surface area contributed by atoms with E-state index in [4.69, 9.17) is 5.26 Å². The number of carbonyl (C=O) groups is 2. The molecule has 2 amide bonds. The molecule has 0 aromatic carbocycles. The summed E-state index contributed by atoms with van der Waals surface area (Å²) in [6.45, 7) is -0.179. The van der Waals surface area contributed by atoms with E-state index in [0.29, 0.717) is 12.8 Å². The van der Waals surface area contributed by atoms with E-state index in [2.05, 4.69) is 5.32 Å². The maximum atomic E-state index is 12.4. The molecule has 23 heavy (non-hydrogen) atoms. The molecular weight excluding hydrogens is 322 g/mol. The minimum atomic E-state index is -3.41. The molecule has 2 aliphatic carbocycles. The Balaban J connectivity index is 1.72. The number of nitrogens with one attached hydrogen (secondary N) is 1. The molecule has 8 nitrogen and oxygen atoms in total. The quantitative estimate of drug-likeness (QED) is 0.730. The fourth-order valence-electron chi connectivity index (χ4n) is 2.98. The summed E-state index contributed by atoms with van der Waals surface area (Å²) in [4.78, 5) is 24.6. The Morgan fingerprint density at radius 2 is 2.00 bits per heavy atom. The number of nitrogens with zero attached hydrogens (tertiary/aromatic N) is 2. The molecule has 0 unspecified atom stereocenters. The lowest BCUT2D eigenvalue weighted by atomic mass is 10.2. The Kier molecular flexibility index (Phi) is 3.75. The van der Waals surface area contributed by atoms with Crippen molar-refractivity contribution in [3.8, 4) is 6.07 Å². The molecule has 3 aliphatic rings. The maximum Gasteiger partial charge on any atom is 0.408 e. The summed E-state index contributed by atoms with van der Waals surface area (Å²) in [6, 6.07) is 0.966. The first-order chi connectivity index (χ1) is 10.8. The van der Waals surface area contributed by atoms with Crippen LogP contribution in [0.25, 0.3) is 0 Å². The van der Waals surface area contributed by atoms with Crippen LogP contribution in [0.4, 0.5) is 4.79 Å². The van der Waals surface area contributed by atoms with E-state index in [9.17, 15) is 23.1 Å². The van der Waals surface area contributed by atoms with Crippen molar-refractivity contribution in [3.63, 3.8) is 0 Å². The summed E-state index contributed by atoms with van der Waals surface area (Å²) >= 11 is 0. The smallest absolute Gasteiger partial charge is 0.408 e. The highest BCUT2D eigenvalue weighted by molar-refractivity contribution is 7.92. The minimum absolute atomic E-state index is 0.0330. The monoisotopic (exact) mass is 341 g/mol. The van der Waals surface area contributed by atoms with Gasteiger partial charge in [0.05, 0.1) is 17.1 Å². The Labute approximate surface area is 134 Å². The lowest BCUT2D eigenvalue weighted by Gasteiger charge is -2.21. The van der Waals surface area contributed by atoms with Gasteiger partial charge in [-0.15, -0.1) is 0 Å². The molecule has 0 aromatic rings. The largest absolute Gasteiger partial charge is 0.465 e. The topological polar surface area (TPSA) is 128 Å². The van der Waals surface area contributed by atoms with E-state index < -0.39 is 38.7 Å². The Hall–Kier alpha value is -1.82. The summed E-state index contributed by atoms with van der Waals surface area (Å²) in [6.07, 6.45) is 1.52. The number of hydrogen-bond acceptors (Lipinski definition) is 5. The van der Waals surface area contributed by atoms with Crippen molar-refractivity contribution in [2.24, 2.45) is 5.92 Å². The fourth-order valence-corrected chi connectivity index (χ4v) is 5.10. The zero-order valence-corrected chi connectivity index (χ0v) is 13.4. The van der Waals surface area contributed by atoms with E-state index in [1.807, 2.05) is 6.07 Å². The van der Waals surface area contributed by atoms with Crippen LogP contribution >= 0.6 is 0 Å². The predicted octanol–water partition coefficient (Wildman–Crippen LogP) is 0.104. The fraction of sp³-hybridized carbons (Fsp3) is 0.786. The second-order valence-electron chi connectivity index (χ2n) is 6.76. The van der Waals surface area contributed by atoms with Gasteiger partial charge < -0.3 is 10.4 Å². The number of rotatable bonds is 5. The molecule has 9 heteroatoms. The zero-order chi connectivity index (χ0) is 16.8. The number of carboxylic acid groups (broad SMARTS) is 1. The number of sulfone groups is 1. The molecular formula is C14H19N3O5S. The van der Waals surface area contributed by atoms with Crippen molar-refractivity contribution < 1.29 is 23.1 Å². The van der Waals surface area contributed by atoms with Crippen molar-refractivity contribution in [1.82, 2.24) is 10.2 Å². The van der Waals surface area contributed by atoms with E-state index in [1.165, 1.54) is 0 Å². The van der Waals surface area contributed by atoms with Gasteiger partial charge in [-0.1, -0.05) is 0 Å². The lowest BCUT2D eigenvalue weighted by molar-refractivity contribution is -0.125. The predicted molar refractivity (Wildman–Crippen MR) is 79.2 cm³/mol. The molecule has 2 atom stereocenters. The third-order valence-corrected chi connectivity index (χ3v) is 7.10. The van der Waals surface area contributed by atoms with E-state index in [1.54, 1.807) is 0 Å². The van der Waals surface area contributed by atoms with Gasteiger partial charge in [0.25, 0.3) is 0 Å². The second-order valence-corrected chi connectivity index (χ2v) is 9.09. The summed E-state index contributed by atoms with van der Waals surface area (Å²) in [5.41, 5.74) is -0.897. The summed E-state index contributed by atoms with van der Waals surface area (Å²) in [7, 11) is -3.41. The zero-order valence-electron chi connectivity index (χ0n) is 12.6. The maximum absolute atomic E-state index is 12.4. The van der Waals surface area contributed by atoms with Crippen LogP contribution in [-0.4, -0.2) is 59.6 Å². The van der Waals surface area contributed by atoms with E-state index in [0.717, 1.165) is 17.7 Å². The number of hydrogen-bond donors (Lipinski definition) is 2. The molecule has 0 radical (unpaired) electrons. The molecule has 1 saturated heterocycles. The third-order valence-electron chi connectivity index (χ3n) is 4.81. The van der Waals surface area contributed by atoms with Crippen LogP contribution in [0.3, 0.4) is 0 Å². The minimum Gasteiger partial charge on any atom is -0.465 e. The van der Waals surface area contributed by atoms with E-state index >= 15 is 0 Å². The van der Waals surface area contributed by atoms with Crippen LogP contribution < -0.4 is 5.32 Å². The van der Waals surface area contributed by atoms with Gasteiger partial charge in [0.15, 0.2) is 9.84 Å². The molecule has 1 aliphatic heterocycles. The highest BCUT2D eigenvalue weighted by atomic mass is 32.2. The first-order valence-corrected chi connectivity index (χ1v) is 9.42. The van der Waals surface area contributed by atoms with Crippen molar-refractivity contribution in [2.75, 3.05) is 12.3 Å². The summed E-state index contributed by atoms with van der Waals surface area (Å²) < 4.78 is 24.7. The van der Waals surface area contributed by atoms with Crippen molar-refractivity contribution in [2.45, 2.75) is 48.9 Å². The Bertz CT molecular complexity index is 675. The van der Waals surface area contributed by atoms with Gasteiger partial charge in [0.1, 0.15) is 11.6 Å². The average molecular weight is 341 g/mol. The molecule has 3 fully saturated rings. The molecule has 0 spiro atoms. The highest BCUT2D eigenvalue weighted by Gasteiger charge is 2.50. The van der Waals surface area contributed by atoms with Gasteiger partial charge in [-0.2, -0.15) is 5.26 Å². The standard InChI is InChI=1S/C14H19N3O5S/c15-8-14(3-4-14)16-12(18)11-5-10(6-17(11)13(19)20)23(21,22)7-9-1-2-9/h9-11H,1-7H2,(H,16,18)(H,19,20)/t10-,11+/m1/s1. The van der Waals surface area contributed by atoms with Crippen molar-refractivity contribution in [3.05, 3.63) is 0 Å². The van der Waals surface area contributed by atoms with Gasteiger partial charge in [-0.3, -0.25) is 9.69 Å². The third kappa shape index (κ3) is 3.27. The number of carbonyl (C=O) groups excluding carboxylic acids is 1. The molecule has 2 saturated carbocycles. The molecule has 1 heterocycles. The van der Waals surface area contributed by atoms with Gasteiger partial charge in [0.2, 0.25) is 5.91 Å². The molecule has 0 aromatic heterocycles. The summed E-state index contributed by atoms with van der Waals surface area (Å²) in [5.74, 6) is -0.322. The van der Waals surface area contributed by atoms with Crippen molar-refractivity contribution >= 4 is 21.8 Å². The lowest BCUT2D eigenvalue weighted by Crippen LogP contribution is -2.49. The molecule has 0 bridgehead atoms. The van der Waals surface area contributed by atoms with Crippen LogP contribution in [0.5, 0.6) is 0 Å². The van der Waals surface area contributed by atoms with Crippen LogP contribution in [-0.2, 0) is 14.6 Å². The number of amides is 2. The molecule has 2 N–H and O–H groups in total. The Morgan fingerprint density at radius 3 is 2.48 bits per heavy atom. The van der Waals surface area contributed by atoms with Gasteiger partial charge in [-0.05, 0) is 38.0 Å². The van der Waals surface area contributed by atoms with Crippen LogP contribution in [0.15, 0.2) is 0 Å². The normalized spacial score (nSPS) is 28.9. The SMILES string of the molecule is N#CC1(NC(=O)[C@@H]2C[C@@H](S(=O)(=O)CC3CC3)CN2C(=O)O)CC1. The molecule has 3 rings (SSSR count). The van der Waals surface area contributed by atoms with Crippen molar-refractivity contribution in [1.29, 1.82) is 5.26 Å². The first-order valence-electron chi connectivity index (χ1n) is 7.71. The van der Waals surface area contributed by atoms with Crippen LogP contribution in [0.1, 0.15) is 32.1 Å². The molecule has 126 valence electrons. The summed E-state index contributed by atoms with van der Waals surface area (Å²) in [5, 5.41) is 20.0. The van der Waals surface area contributed by atoms with E-state index in [-0.39, 0.29) is 24.6 Å². The Morgan fingerprint density at radius 1 is 1.35 bits per heavy atom. The highest BCUT2D eigenvalue weighted by Crippen LogP contribution is 2.36. The van der Waals surface area contributed by atoms with Gasteiger partial charge >= 0.3 is 6.09 Å². The van der Waals surface area contributed by atoms with Gasteiger partial charge in [-0.25, -0.2) is 13.2 Å². The van der Waals surface area contributed by atoms with Crippen LogP contribution in [0, 0.1) is 17.2 Å². The van der Waals surface area contributed by atoms with Gasteiger partial charge in [0, 0.05) is 6.54 Å². The number of nitriles is 1. The number of likely N-dealkylation sites (tertiary alicyclic amines) is 1. The average Bonchev–Trinajstić information content (AvgIpc) is 3.38. The first kappa shape index (κ1) is 16.1.